The van der Waals surface area contributed by atoms with Crippen molar-refractivity contribution in [2.45, 2.75) is 44.9 Å². The quantitative estimate of drug-likeness (QED) is 0.796. The molecule has 0 aromatic heterocycles. The van der Waals surface area contributed by atoms with Crippen molar-refractivity contribution in [3.05, 3.63) is 0 Å². The zero-order chi connectivity index (χ0) is 11.6. The van der Waals surface area contributed by atoms with Crippen molar-refractivity contribution in [1.82, 2.24) is 0 Å². The molecule has 1 N–H and O–H groups in total. The van der Waals surface area contributed by atoms with Crippen LogP contribution in [0.3, 0.4) is 0 Å². The topological polar surface area (TPSA) is 37.3 Å². The van der Waals surface area contributed by atoms with Crippen LogP contribution in [0.25, 0.3) is 0 Å². The maximum atomic E-state index is 10.9. The Morgan fingerprint density at radius 1 is 0.765 bits per heavy atom. The predicted molar refractivity (Wildman–Crippen MR) is 64.4 cm³/mol. The lowest BCUT2D eigenvalue weighted by Gasteiger charge is -2.58. The molecule has 0 amide bonds. The molecule has 17 heavy (non-hydrogen) atoms. The Labute approximate surface area is 103 Å². The van der Waals surface area contributed by atoms with E-state index in [1.165, 1.54) is 32.1 Å². The molecule has 5 aliphatic rings. The molecule has 0 aliphatic heterocycles. The molecule has 5 aliphatic carbocycles. The predicted octanol–water partition coefficient (Wildman–Crippen LogP) is 3.17. The molecule has 0 aromatic rings. The summed E-state index contributed by atoms with van der Waals surface area (Å²) in [7, 11) is 0. The molecule has 0 radical (unpaired) electrons. The third-order valence-corrected chi connectivity index (χ3v) is 6.37. The van der Waals surface area contributed by atoms with Gasteiger partial charge in [-0.2, -0.15) is 0 Å². The fraction of sp³-hybridized carbons (Fsp3) is 0.933. The van der Waals surface area contributed by atoms with Gasteiger partial charge in [-0.1, -0.05) is 0 Å². The first-order valence-corrected chi connectivity index (χ1v) is 7.43. The third-order valence-electron chi connectivity index (χ3n) is 6.37. The first-order chi connectivity index (χ1) is 8.20. The van der Waals surface area contributed by atoms with E-state index in [-0.39, 0.29) is 5.92 Å². The highest BCUT2D eigenvalue weighted by atomic mass is 16.4. The summed E-state index contributed by atoms with van der Waals surface area (Å²) in [5.74, 6) is 5.18. The summed E-state index contributed by atoms with van der Waals surface area (Å²) in [4.78, 5) is 10.9. The van der Waals surface area contributed by atoms with Gasteiger partial charge in [-0.25, -0.2) is 0 Å². The van der Waals surface area contributed by atoms with Crippen LogP contribution in [-0.2, 0) is 4.79 Å². The minimum Gasteiger partial charge on any atom is -0.481 e. The molecule has 0 saturated heterocycles. The number of carboxylic acids is 1. The van der Waals surface area contributed by atoms with Gasteiger partial charge in [0.2, 0.25) is 0 Å². The molecule has 5 fully saturated rings. The van der Waals surface area contributed by atoms with Gasteiger partial charge in [-0.05, 0) is 80.5 Å². The van der Waals surface area contributed by atoms with Crippen LogP contribution >= 0.6 is 0 Å². The van der Waals surface area contributed by atoms with E-state index in [2.05, 4.69) is 0 Å². The highest BCUT2D eigenvalue weighted by molar-refractivity contribution is 5.71. The summed E-state index contributed by atoms with van der Waals surface area (Å²) >= 11 is 0. The SMILES string of the molecule is O=C(O)C1CC(C2C3CC4CC(C3)CC2C4)C1. The minimum atomic E-state index is -0.551. The standard InChI is InChI=1S/C15H22O2/c16-15(17)13-6-12(7-13)14-10-2-8-1-9(4-10)5-11(14)3-8/h8-14H,1-7H2,(H,16,17). The van der Waals surface area contributed by atoms with Crippen LogP contribution in [-0.4, -0.2) is 11.1 Å². The fourth-order valence-corrected chi connectivity index (χ4v) is 5.91. The van der Waals surface area contributed by atoms with E-state index in [0.29, 0.717) is 0 Å². The van der Waals surface area contributed by atoms with Crippen molar-refractivity contribution in [1.29, 1.82) is 0 Å². The first kappa shape index (κ1) is 10.4. The molecular formula is C15H22O2. The van der Waals surface area contributed by atoms with Gasteiger partial charge < -0.3 is 5.11 Å². The number of rotatable bonds is 2. The Hall–Kier alpha value is -0.530. The molecule has 0 heterocycles. The maximum Gasteiger partial charge on any atom is 0.306 e. The summed E-state index contributed by atoms with van der Waals surface area (Å²) in [6.45, 7) is 0. The average Bonchev–Trinajstić information content (AvgIpc) is 2.18. The van der Waals surface area contributed by atoms with E-state index in [1.807, 2.05) is 0 Å². The van der Waals surface area contributed by atoms with Crippen LogP contribution in [0.5, 0.6) is 0 Å². The van der Waals surface area contributed by atoms with E-state index in [1.54, 1.807) is 0 Å². The largest absolute Gasteiger partial charge is 0.481 e. The second-order valence-corrected chi connectivity index (χ2v) is 7.27. The van der Waals surface area contributed by atoms with Crippen LogP contribution < -0.4 is 0 Å². The minimum absolute atomic E-state index is 0.00260. The zero-order valence-corrected chi connectivity index (χ0v) is 10.3. The van der Waals surface area contributed by atoms with E-state index in [9.17, 15) is 4.79 Å². The van der Waals surface area contributed by atoms with Crippen molar-refractivity contribution in [2.75, 3.05) is 0 Å². The number of hydrogen-bond acceptors (Lipinski definition) is 1. The van der Waals surface area contributed by atoms with Crippen LogP contribution in [0.4, 0.5) is 0 Å². The summed E-state index contributed by atoms with van der Waals surface area (Å²) in [6, 6.07) is 0. The van der Waals surface area contributed by atoms with Crippen LogP contribution in [0.15, 0.2) is 0 Å². The van der Waals surface area contributed by atoms with E-state index in [4.69, 9.17) is 5.11 Å². The van der Waals surface area contributed by atoms with Gasteiger partial charge in [0.15, 0.2) is 0 Å². The summed E-state index contributed by atoms with van der Waals surface area (Å²) < 4.78 is 0. The summed E-state index contributed by atoms with van der Waals surface area (Å²) in [5, 5.41) is 9.00. The summed E-state index contributed by atoms with van der Waals surface area (Å²) in [6.07, 6.45) is 9.41. The third kappa shape index (κ3) is 1.49. The van der Waals surface area contributed by atoms with Gasteiger partial charge in [0.05, 0.1) is 5.92 Å². The highest BCUT2D eigenvalue weighted by Crippen LogP contribution is 2.61. The number of hydrogen-bond donors (Lipinski definition) is 1. The molecule has 0 aromatic carbocycles. The molecule has 4 bridgehead atoms. The molecule has 5 rings (SSSR count). The Morgan fingerprint density at radius 2 is 1.24 bits per heavy atom. The maximum absolute atomic E-state index is 10.9. The number of carbonyl (C=O) groups is 1. The molecule has 0 atom stereocenters. The second kappa shape index (κ2) is 3.49. The molecule has 0 unspecified atom stereocenters. The highest BCUT2D eigenvalue weighted by Gasteiger charge is 2.53. The van der Waals surface area contributed by atoms with Crippen molar-refractivity contribution >= 4 is 5.97 Å². The van der Waals surface area contributed by atoms with Crippen LogP contribution in [0, 0.1) is 41.4 Å². The second-order valence-electron chi connectivity index (χ2n) is 7.27. The van der Waals surface area contributed by atoms with Gasteiger partial charge in [-0.15, -0.1) is 0 Å². The first-order valence-electron chi connectivity index (χ1n) is 7.43. The Balaban J connectivity index is 1.47. The molecule has 2 heteroatoms. The lowest BCUT2D eigenvalue weighted by atomic mass is 9.47. The van der Waals surface area contributed by atoms with Gasteiger partial charge >= 0.3 is 5.97 Å². The number of aliphatic carboxylic acids is 1. The molecule has 2 nitrogen and oxygen atoms in total. The van der Waals surface area contributed by atoms with Gasteiger partial charge in [0.25, 0.3) is 0 Å². The summed E-state index contributed by atoms with van der Waals surface area (Å²) in [5.41, 5.74) is 0. The monoisotopic (exact) mass is 234 g/mol. The van der Waals surface area contributed by atoms with Crippen molar-refractivity contribution < 1.29 is 9.90 Å². The van der Waals surface area contributed by atoms with Crippen molar-refractivity contribution in [3.8, 4) is 0 Å². The Bertz CT molecular complexity index is 315. The van der Waals surface area contributed by atoms with Crippen LogP contribution in [0.1, 0.15) is 44.9 Å². The zero-order valence-electron chi connectivity index (χ0n) is 10.3. The van der Waals surface area contributed by atoms with Gasteiger partial charge in [-0.3, -0.25) is 4.79 Å². The van der Waals surface area contributed by atoms with Crippen molar-refractivity contribution in [3.63, 3.8) is 0 Å². The molecular weight excluding hydrogens is 212 g/mol. The van der Waals surface area contributed by atoms with E-state index >= 15 is 0 Å². The Morgan fingerprint density at radius 3 is 1.71 bits per heavy atom. The molecule has 94 valence electrons. The van der Waals surface area contributed by atoms with E-state index in [0.717, 1.165) is 48.3 Å². The normalized spacial score (nSPS) is 55.6. The van der Waals surface area contributed by atoms with E-state index < -0.39 is 5.97 Å². The average molecular weight is 234 g/mol. The van der Waals surface area contributed by atoms with Crippen LogP contribution in [0.2, 0.25) is 0 Å². The fourth-order valence-electron chi connectivity index (χ4n) is 5.91. The smallest absolute Gasteiger partial charge is 0.306 e. The van der Waals surface area contributed by atoms with Gasteiger partial charge in [0, 0.05) is 0 Å². The Kier molecular flexibility index (Phi) is 2.13. The molecule has 0 spiro atoms. The van der Waals surface area contributed by atoms with Gasteiger partial charge in [0.1, 0.15) is 0 Å². The molecule has 5 saturated carbocycles. The lowest BCUT2D eigenvalue weighted by Crippen LogP contribution is -2.50. The number of carboxylic acid groups (broad SMARTS) is 1. The van der Waals surface area contributed by atoms with Crippen molar-refractivity contribution in [2.24, 2.45) is 41.4 Å². The lowest BCUT2D eigenvalue weighted by molar-refractivity contribution is -0.151.